The van der Waals surface area contributed by atoms with Gasteiger partial charge in [-0.25, -0.2) is 0 Å². The molecule has 1 N–H and O–H groups in total. The van der Waals surface area contributed by atoms with Gasteiger partial charge in [0.2, 0.25) is 0 Å². The minimum Gasteiger partial charge on any atom is -0.310 e. The zero-order valence-corrected chi connectivity index (χ0v) is 10.1. The van der Waals surface area contributed by atoms with Crippen LogP contribution >= 0.6 is 11.3 Å². The Balaban J connectivity index is 2.06. The van der Waals surface area contributed by atoms with Crippen LogP contribution < -0.4 is 5.32 Å². The van der Waals surface area contributed by atoms with Crippen LogP contribution in [0.15, 0.2) is 10.8 Å². The second-order valence-electron chi connectivity index (χ2n) is 4.91. The zero-order chi connectivity index (χ0) is 10.2. The molecule has 0 aromatic carbocycles. The summed E-state index contributed by atoms with van der Waals surface area (Å²) in [6, 6.07) is 0.578. The maximum absolute atomic E-state index is 3.49. The van der Waals surface area contributed by atoms with Crippen LogP contribution in [0.3, 0.4) is 0 Å². The highest BCUT2D eigenvalue weighted by molar-refractivity contribution is 7.08. The topological polar surface area (TPSA) is 12.0 Å². The van der Waals surface area contributed by atoms with Crippen molar-refractivity contribution in [2.75, 3.05) is 0 Å². The van der Waals surface area contributed by atoms with E-state index in [1.54, 1.807) is 5.56 Å². The van der Waals surface area contributed by atoms with Crippen LogP contribution in [0.4, 0.5) is 0 Å². The maximum atomic E-state index is 3.49. The molecule has 0 bridgehead atoms. The third-order valence-electron chi connectivity index (χ3n) is 3.09. The summed E-state index contributed by atoms with van der Waals surface area (Å²) in [6.07, 6.45) is 2.75. The minimum absolute atomic E-state index is 0.522. The van der Waals surface area contributed by atoms with Crippen LogP contribution in [0, 0.1) is 0 Å². The Morgan fingerprint density at radius 2 is 2.14 bits per heavy atom. The second-order valence-corrected chi connectivity index (χ2v) is 5.65. The van der Waals surface area contributed by atoms with Gasteiger partial charge in [0.15, 0.2) is 0 Å². The first kappa shape index (κ1) is 10.2. The highest BCUT2D eigenvalue weighted by atomic mass is 32.1. The molecular weight excluding hydrogens is 190 g/mol. The molecular formula is C12H19NS. The lowest BCUT2D eigenvalue weighted by atomic mass is 9.97. The fourth-order valence-electron chi connectivity index (χ4n) is 1.76. The summed E-state index contributed by atoms with van der Waals surface area (Å²) < 4.78 is 0. The summed E-state index contributed by atoms with van der Waals surface area (Å²) in [4.78, 5) is 0. The molecule has 1 aliphatic carbocycles. The van der Waals surface area contributed by atoms with E-state index in [9.17, 15) is 0 Å². The minimum atomic E-state index is 0.522. The third kappa shape index (κ3) is 2.01. The summed E-state index contributed by atoms with van der Waals surface area (Å²) in [6.45, 7) is 7.82. The number of hydrogen-bond donors (Lipinski definition) is 1. The van der Waals surface area contributed by atoms with Crippen molar-refractivity contribution in [3.05, 3.63) is 21.9 Å². The van der Waals surface area contributed by atoms with Crippen molar-refractivity contribution < 1.29 is 0 Å². The molecule has 1 aliphatic rings. The van der Waals surface area contributed by atoms with Gasteiger partial charge in [-0.15, -0.1) is 0 Å². The molecule has 1 aromatic rings. The summed E-state index contributed by atoms with van der Waals surface area (Å²) >= 11 is 1.84. The van der Waals surface area contributed by atoms with Gasteiger partial charge in [0, 0.05) is 12.6 Å². The van der Waals surface area contributed by atoms with E-state index in [4.69, 9.17) is 0 Å². The molecule has 14 heavy (non-hydrogen) atoms. The van der Waals surface area contributed by atoms with E-state index in [0.29, 0.717) is 11.5 Å². The lowest BCUT2D eigenvalue weighted by molar-refractivity contribution is 0.583. The lowest BCUT2D eigenvalue weighted by Crippen LogP contribution is -2.22. The van der Waals surface area contributed by atoms with E-state index in [2.05, 4.69) is 36.8 Å². The van der Waals surface area contributed by atoms with Gasteiger partial charge >= 0.3 is 0 Å². The molecule has 1 fully saturated rings. The van der Waals surface area contributed by atoms with Crippen molar-refractivity contribution in [3.63, 3.8) is 0 Å². The van der Waals surface area contributed by atoms with Crippen molar-refractivity contribution in [2.45, 2.75) is 51.6 Å². The Labute approximate surface area is 90.5 Å². The van der Waals surface area contributed by atoms with Gasteiger partial charge < -0.3 is 5.32 Å². The quantitative estimate of drug-likeness (QED) is 0.802. The van der Waals surface area contributed by atoms with E-state index in [-0.39, 0.29) is 0 Å². The molecule has 1 saturated carbocycles. The van der Waals surface area contributed by atoms with E-state index in [1.807, 2.05) is 11.3 Å². The van der Waals surface area contributed by atoms with Crippen molar-refractivity contribution in [3.8, 4) is 0 Å². The van der Waals surface area contributed by atoms with Crippen molar-refractivity contribution in [1.82, 2.24) is 5.32 Å². The van der Waals surface area contributed by atoms with Crippen LogP contribution in [0.25, 0.3) is 0 Å². The SMILES string of the molecule is CC(C)NCc1cscc1C1(C)CC1. The Hall–Kier alpha value is -0.340. The molecule has 2 heteroatoms. The molecule has 0 unspecified atom stereocenters. The molecule has 0 radical (unpaired) electrons. The molecule has 0 saturated heterocycles. The Kier molecular flexibility index (Phi) is 2.67. The van der Waals surface area contributed by atoms with E-state index >= 15 is 0 Å². The van der Waals surface area contributed by atoms with E-state index in [0.717, 1.165) is 6.54 Å². The molecule has 78 valence electrons. The van der Waals surface area contributed by atoms with Crippen LogP contribution in [-0.2, 0) is 12.0 Å². The first-order valence-electron chi connectivity index (χ1n) is 5.41. The number of rotatable bonds is 4. The van der Waals surface area contributed by atoms with E-state index < -0.39 is 0 Å². The molecule has 2 rings (SSSR count). The largest absolute Gasteiger partial charge is 0.310 e. The van der Waals surface area contributed by atoms with Gasteiger partial charge in [-0.3, -0.25) is 0 Å². The number of hydrogen-bond acceptors (Lipinski definition) is 2. The monoisotopic (exact) mass is 209 g/mol. The van der Waals surface area contributed by atoms with Crippen LogP contribution in [-0.4, -0.2) is 6.04 Å². The molecule has 1 nitrogen and oxygen atoms in total. The zero-order valence-electron chi connectivity index (χ0n) is 9.26. The predicted molar refractivity (Wildman–Crippen MR) is 62.9 cm³/mol. The van der Waals surface area contributed by atoms with Crippen LogP contribution in [0.2, 0.25) is 0 Å². The standard InChI is InChI=1S/C12H19NS/c1-9(2)13-6-10-7-14-8-11(10)12(3)4-5-12/h7-9,13H,4-6H2,1-3H3. The Morgan fingerprint density at radius 1 is 1.43 bits per heavy atom. The third-order valence-corrected chi connectivity index (χ3v) is 3.89. The number of thiophene rings is 1. The molecule has 1 heterocycles. The van der Waals surface area contributed by atoms with Crippen LogP contribution in [0.5, 0.6) is 0 Å². The maximum Gasteiger partial charge on any atom is 0.0219 e. The van der Waals surface area contributed by atoms with Gasteiger partial charge in [0.05, 0.1) is 0 Å². The fourth-order valence-corrected chi connectivity index (χ4v) is 2.78. The smallest absolute Gasteiger partial charge is 0.0219 e. The Bertz CT molecular complexity index is 310. The Morgan fingerprint density at radius 3 is 2.71 bits per heavy atom. The van der Waals surface area contributed by atoms with Gasteiger partial charge in [-0.1, -0.05) is 20.8 Å². The predicted octanol–water partition coefficient (Wildman–Crippen LogP) is 3.30. The molecule has 0 spiro atoms. The van der Waals surface area contributed by atoms with Crippen LogP contribution in [0.1, 0.15) is 44.7 Å². The molecule has 0 atom stereocenters. The van der Waals surface area contributed by atoms with Crippen molar-refractivity contribution in [2.24, 2.45) is 0 Å². The highest BCUT2D eigenvalue weighted by Crippen LogP contribution is 2.49. The van der Waals surface area contributed by atoms with Gasteiger partial charge in [0.25, 0.3) is 0 Å². The average molecular weight is 209 g/mol. The van der Waals surface area contributed by atoms with Gasteiger partial charge in [0.1, 0.15) is 0 Å². The average Bonchev–Trinajstić information content (AvgIpc) is 2.70. The summed E-state index contributed by atoms with van der Waals surface area (Å²) in [5.74, 6) is 0. The van der Waals surface area contributed by atoms with E-state index in [1.165, 1.54) is 18.4 Å². The number of nitrogens with one attached hydrogen (secondary N) is 1. The first-order chi connectivity index (χ1) is 6.62. The van der Waals surface area contributed by atoms with Gasteiger partial charge in [-0.05, 0) is 40.1 Å². The lowest BCUT2D eigenvalue weighted by Gasteiger charge is -2.12. The molecule has 1 aromatic heterocycles. The molecule has 0 amide bonds. The second kappa shape index (κ2) is 3.67. The van der Waals surface area contributed by atoms with Gasteiger partial charge in [-0.2, -0.15) is 11.3 Å². The summed E-state index contributed by atoms with van der Waals surface area (Å²) in [5, 5.41) is 8.13. The highest BCUT2D eigenvalue weighted by Gasteiger charge is 2.40. The fraction of sp³-hybridized carbons (Fsp3) is 0.667. The summed E-state index contributed by atoms with van der Waals surface area (Å²) in [5.41, 5.74) is 3.63. The first-order valence-corrected chi connectivity index (χ1v) is 6.35. The normalized spacial score (nSPS) is 18.9. The summed E-state index contributed by atoms with van der Waals surface area (Å²) in [7, 11) is 0. The van der Waals surface area contributed by atoms with Crippen molar-refractivity contribution in [1.29, 1.82) is 0 Å². The molecule has 0 aliphatic heterocycles. The van der Waals surface area contributed by atoms with Crippen molar-refractivity contribution >= 4 is 11.3 Å².